The quantitative estimate of drug-likeness (QED) is 0.753. The molecule has 2 aromatic carbocycles. The maximum Gasteiger partial charge on any atom is 0.253 e. The smallest absolute Gasteiger partial charge is 0.253 e. The Balaban J connectivity index is 1.48. The minimum absolute atomic E-state index is 0.0796. The number of nitrogens with zero attached hydrogens (tertiary/aromatic N) is 1. The first-order valence-electron chi connectivity index (χ1n) is 9.89. The normalized spacial score (nSPS) is 16.7. The van der Waals surface area contributed by atoms with E-state index in [0.717, 1.165) is 30.8 Å². The van der Waals surface area contributed by atoms with E-state index in [1.54, 1.807) is 4.90 Å². The minimum atomic E-state index is 0.0796. The highest BCUT2D eigenvalue weighted by molar-refractivity contribution is 5.94. The first-order chi connectivity index (χ1) is 13.1. The lowest BCUT2D eigenvalue weighted by Gasteiger charge is -2.24. The van der Waals surface area contributed by atoms with E-state index in [9.17, 15) is 4.79 Å². The Morgan fingerprint density at radius 1 is 1.22 bits per heavy atom. The molecular formula is C23H30N2O2. The van der Waals surface area contributed by atoms with Crippen LogP contribution in [0.4, 0.5) is 0 Å². The zero-order valence-corrected chi connectivity index (χ0v) is 16.4. The summed E-state index contributed by atoms with van der Waals surface area (Å²) in [5.74, 6) is 1.47. The molecule has 0 bridgehead atoms. The van der Waals surface area contributed by atoms with Gasteiger partial charge in [-0.3, -0.25) is 4.79 Å². The maximum absolute atomic E-state index is 12.8. The van der Waals surface area contributed by atoms with Gasteiger partial charge in [-0.1, -0.05) is 29.8 Å². The summed E-state index contributed by atoms with van der Waals surface area (Å²) >= 11 is 0. The van der Waals surface area contributed by atoms with Gasteiger partial charge < -0.3 is 15.0 Å². The molecule has 3 rings (SSSR count). The van der Waals surface area contributed by atoms with Gasteiger partial charge in [0.15, 0.2) is 0 Å². The van der Waals surface area contributed by atoms with Crippen LogP contribution in [0.1, 0.15) is 46.7 Å². The molecule has 1 saturated heterocycles. The summed E-state index contributed by atoms with van der Waals surface area (Å²) in [7, 11) is 1.86. The molecule has 0 radical (unpaired) electrons. The molecule has 0 aromatic heterocycles. The number of rotatable bonds is 7. The van der Waals surface area contributed by atoms with Crippen LogP contribution in [0.15, 0.2) is 48.5 Å². The van der Waals surface area contributed by atoms with Crippen LogP contribution in [0.2, 0.25) is 0 Å². The summed E-state index contributed by atoms with van der Waals surface area (Å²) in [4.78, 5) is 14.5. The van der Waals surface area contributed by atoms with Crippen LogP contribution >= 0.6 is 0 Å². The van der Waals surface area contributed by atoms with Crippen LogP contribution in [0.5, 0.6) is 5.75 Å². The first kappa shape index (κ1) is 19.4. The van der Waals surface area contributed by atoms with Crippen LogP contribution in [-0.4, -0.2) is 44.1 Å². The highest BCUT2D eigenvalue weighted by Crippen LogP contribution is 2.24. The zero-order valence-electron chi connectivity index (χ0n) is 16.4. The fourth-order valence-electron chi connectivity index (χ4n) is 3.51. The molecule has 1 amide bonds. The minimum Gasteiger partial charge on any atom is -0.494 e. The van der Waals surface area contributed by atoms with E-state index in [4.69, 9.17) is 4.74 Å². The molecule has 4 heteroatoms. The average Bonchev–Trinajstić information content (AvgIpc) is 2.72. The lowest BCUT2D eigenvalue weighted by molar-refractivity contribution is 0.0787. The average molecular weight is 367 g/mol. The van der Waals surface area contributed by atoms with Crippen molar-refractivity contribution in [1.82, 2.24) is 10.2 Å². The predicted molar refractivity (Wildman–Crippen MR) is 110 cm³/mol. The van der Waals surface area contributed by atoms with Crippen molar-refractivity contribution in [1.29, 1.82) is 0 Å². The number of hydrogen-bond acceptors (Lipinski definition) is 3. The highest BCUT2D eigenvalue weighted by atomic mass is 16.5. The summed E-state index contributed by atoms with van der Waals surface area (Å²) in [6.07, 6.45) is 3.20. The van der Waals surface area contributed by atoms with Crippen molar-refractivity contribution in [2.45, 2.75) is 32.1 Å². The molecule has 0 aliphatic carbocycles. The van der Waals surface area contributed by atoms with Gasteiger partial charge in [0.25, 0.3) is 5.91 Å². The van der Waals surface area contributed by atoms with Crippen LogP contribution in [0.3, 0.4) is 0 Å². The lowest BCUT2D eigenvalue weighted by atomic mass is 9.90. The molecule has 1 heterocycles. The lowest BCUT2D eigenvalue weighted by Crippen LogP contribution is -2.30. The molecule has 27 heavy (non-hydrogen) atoms. The van der Waals surface area contributed by atoms with Crippen molar-refractivity contribution < 1.29 is 9.53 Å². The maximum atomic E-state index is 12.8. The molecule has 1 fully saturated rings. The van der Waals surface area contributed by atoms with Gasteiger partial charge in [-0.25, -0.2) is 0 Å². The van der Waals surface area contributed by atoms with Crippen molar-refractivity contribution in [2.75, 3.05) is 33.3 Å². The van der Waals surface area contributed by atoms with Crippen LogP contribution in [-0.2, 0) is 0 Å². The second-order valence-corrected chi connectivity index (χ2v) is 7.41. The number of hydrogen-bond donors (Lipinski definition) is 1. The molecule has 2 aromatic rings. The van der Waals surface area contributed by atoms with Crippen molar-refractivity contribution in [3.63, 3.8) is 0 Å². The van der Waals surface area contributed by atoms with E-state index in [1.807, 2.05) is 43.4 Å². The van der Waals surface area contributed by atoms with Crippen molar-refractivity contribution in [2.24, 2.45) is 0 Å². The second kappa shape index (κ2) is 9.56. The monoisotopic (exact) mass is 366 g/mol. The first-order valence-corrected chi connectivity index (χ1v) is 9.89. The van der Waals surface area contributed by atoms with E-state index in [1.165, 1.54) is 24.0 Å². The fraction of sp³-hybridized carbons (Fsp3) is 0.435. The van der Waals surface area contributed by atoms with E-state index in [2.05, 4.69) is 24.4 Å². The number of carbonyl (C=O) groups excluding carboxylic acids is 1. The largest absolute Gasteiger partial charge is 0.494 e. The second-order valence-electron chi connectivity index (χ2n) is 7.41. The molecule has 1 aliphatic heterocycles. The van der Waals surface area contributed by atoms with E-state index in [0.29, 0.717) is 19.1 Å². The molecule has 144 valence electrons. The summed E-state index contributed by atoms with van der Waals surface area (Å²) in [5, 5.41) is 3.45. The molecule has 0 unspecified atom stereocenters. The Hall–Kier alpha value is -2.33. The van der Waals surface area contributed by atoms with Crippen molar-refractivity contribution >= 4 is 5.91 Å². The summed E-state index contributed by atoms with van der Waals surface area (Å²) in [6.45, 7) is 5.45. The van der Waals surface area contributed by atoms with Gasteiger partial charge in [-0.15, -0.1) is 0 Å². The molecule has 0 saturated carbocycles. The van der Waals surface area contributed by atoms with Gasteiger partial charge in [-0.05, 0) is 68.5 Å². The Kier molecular flexibility index (Phi) is 6.88. The number of aryl methyl sites for hydroxylation is 1. The zero-order chi connectivity index (χ0) is 19.1. The Morgan fingerprint density at radius 3 is 2.78 bits per heavy atom. The number of nitrogens with one attached hydrogen (secondary N) is 1. The van der Waals surface area contributed by atoms with Crippen LogP contribution in [0.25, 0.3) is 0 Å². The van der Waals surface area contributed by atoms with Crippen molar-refractivity contribution in [3.8, 4) is 5.75 Å². The molecule has 1 atom stereocenters. The number of carbonyl (C=O) groups is 1. The van der Waals surface area contributed by atoms with Crippen LogP contribution in [0, 0.1) is 6.92 Å². The highest BCUT2D eigenvalue weighted by Gasteiger charge is 2.17. The van der Waals surface area contributed by atoms with Gasteiger partial charge in [0.05, 0.1) is 6.61 Å². The van der Waals surface area contributed by atoms with Gasteiger partial charge in [0, 0.05) is 25.7 Å². The SMILES string of the molecule is Cc1ccc(OCCCN(C)C(=O)c2cccc([C@@H]3CCCNC3)c2)cc1. The number of amides is 1. The van der Waals surface area contributed by atoms with Gasteiger partial charge in [0.1, 0.15) is 5.75 Å². The standard InChI is InChI=1S/C23H30N2O2/c1-18-9-11-22(12-10-18)27-15-5-14-25(2)23(26)20-7-3-6-19(16-20)21-8-4-13-24-17-21/h3,6-7,9-12,16,21,24H,4-5,8,13-15,17H2,1-2H3/t21-/m1/s1. The van der Waals surface area contributed by atoms with E-state index >= 15 is 0 Å². The van der Waals surface area contributed by atoms with Crippen LogP contribution < -0.4 is 10.1 Å². The third-order valence-corrected chi connectivity index (χ3v) is 5.18. The summed E-state index contributed by atoms with van der Waals surface area (Å²) in [6, 6.07) is 16.2. The Labute approximate surface area is 162 Å². The molecular weight excluding hydrogens is 336 g/mol. The van der Waals surface area contributed by atoms with E-state index in [-0.39, 0.29) is 5.91 Å². The number of ether oxygens (including phenoxy) is 1. The Morgan fingerprint density at radius 2 is 2.04 bits per heavy atom. The number of benzene rings is 2. The summed E-state index contributed by atoms with van der Waals surface area (Å²) < 4.78 is 5.75. The third kappa shape index (κ3) is 5.57. The number of piperidine rings is 1. The predicted octanol–water partition coefficient (Wildman–Crippen LogP) is 4.00. The van der Waals surface area contributed by atoms with Gasteiger partial charge in [-0.2, -0.15) is 0 Å². The molecule has 1 aliphatic rings. The molecule has 1 N–H and O–H groups in total. The van der Waals surface area contributed by atoms with E-state index < -0.39 is 0 Å². The third-order valence-electron chi connectivity index (χ3n) is 5.18. The van der Waals surface area contributed by atoms with Gasteiger partial charge >= 0.3 is 0 Å². The fourth-order valence-corrected chi connectivity index (χ4v) is 3.51. The molecule has 0 spiro atoms. The molecule has 4 nitrogen and oxygen atoms in total. The van der Waals surface area contributed by atoms with Crippen molar-refractivity contribution in [3.05, 3.63) is 65.2 Å². The Bertz CT molecular complexity index is 736. The topological polar surface area (TPSA) is 41.6 Å². The summed E-state index contributed by atoms with van der Waals surface area (Å²) in [5.41, 5.74) is 3.27. The van der Waals surface area contributed by atoms with Gasteiger partial charge in [0.2, 0.25) is 0 Å².